The fraction of sp³-hybridized carbons (Fsp3) is 0.143. The SMILES string of the molecule is NCc1ccc(CNc2cc(F)cc([N+](=O)[O-])c2)cc1. The van der Waals surface area contributed by atoms with Crippen molar-refractivity contribution < 1.29 is 9.31 Å². The fourth-order valence-corrected chi connectivity index (χ4v) is 1.78. The van der Waals surface area contributed by atoms with E-state index in [2.05, 4.69) is 5.32 Å². The molecule has 0 spiro atoms. The molecule has 0 saturated carbocycles. The van der Waals surface area contributed by atoms with Crippen LogP contribution in [-0.2, 0) is 13.1 Å². The number of hydrogen-bond acceptors (Lipinski definition) is 4. The second-order valence-corrected chi connectivity index (χ2v) is 4.33. The molecule has 0 unspecified atom stereocenters. The van der Waals surface area contributed by atoms with E-state index in [0.29, 0.717) is 18.8 Å². The number of hydrogen-bond donors (Lipinski definition) is 2. The lowest BCUT2D eigenvalue weighted by molar-refractivity contribution is -0.385. The highest BCUT2D eigenvalue weighted by atomic mass is 19.1. The quantitative estimate of drug-likeness (QED) is 0.649. The summed E-state index contributed by atoms with van der Waals surface area (Å²) in [5.41, 5.74) is 7.61. The summed E-state index contributed by atoms with van der Waals surface area (Å²) in [5.74, 6) is -0.639. The van der Waals surface area contributed by atoms with Crippen molar-refractivity contribution in [2.24, 2.45) is 5.73 Å². The van der Waals surface area contributed by atoms with Crippen molar-refractivity contribution in [3.05, 3.63) is 69.5 Å². The van der Waals surface area contributed by atoms with Crippen LogP contribution in [0.3, 0.4) is 0 Å². The van der Waals surface area contributed by atoms with E-state index in [1.807, 2.05) is 24.3 Å². The Morgan fingerprint density at radius 3 is 2.40 bits per heavy atom. The van der Waals surface area contributed by atoms with Gasteiger partial charge in [-0.2, -0.15) is 0 Å². The summed E-state index contributed by atoms with van der Waals surface area (Å²) in [6, 6.07) is 11.0. The molecule has 0 aliphatic carbocycles. The van der Waals surface area contributed by atoms with Gasteiger partial charge in [-0.05, 0) is 17.2 Å². The molecule has 2 aromatic rings. The third-order valence-corrected chi connectivity index (χ3v) is 2.85. The monoisotopic (exact) mass is 275 g/mol. The summed E-state index contributed by atoms with van der Waals surface area (Å²) in [7, 11) is 0. The van der Waals surface area contributed by atoms with Gasteiger partial charge in [0.2, 0.25) is 0 Å². The molecule has 0 radical (unpaired) electrons. The van der Waals surface area contributed by atoms with Gasteiger partial charge in [0.25, 0.3) is 5.69 Å². The minimum Gasteiger partial charge on any atom is -0.381 e. The molecule has 3 N–H and O–H groups in total. The Balaban J connectivity index is 2.08. The standard InChI is InChI=1S/C14H14FN3O2/c15-12-5-13(7-14(6-12)18(19)20)17-9-11-3-1-10(8-16)2-4-11/h1-7,17H,8-9,16H2. The Bertz CT molecular complexity index is 614. The van der Waals surface area contributed by atoms with Gasteiger partial charge in [0.15, 0.2) is 0 Å². The normalized spacial score (nSPS) is 10.3. The summed E-state index contributed by atoms with van der Waals surface area (Å²) in [5, 5.41) is 13.6. The van der Waals surface area contributed by atoms with Gasteiger partial charge in [-0.25, -0.2) is 4.39 Å². The number of benzene rings is 2. The molecule has 0 aliphatic rings. The van der Waals surface area contributed by atoms with Crippen molar-refractivity contribution in [2.45, 2.75) is 13.1 Å². The molecule has 6 heteroatoms. The highest BCUT2D eigenvalue weighted by Crippen LogP contribution is 2.20. The van der Waals surface area contributed by atoms with Crippen LogP contribution in [0.25, 0.3) is 0 Å². The number of nitro groups is 1. The average molecular weight is 275 g/mol. The summed E-state index contributed by atoms with van der Waals surface area (Å²) >= 11 is 0. The predicted molar refractivity (Wildman–Crippen MR) is 74.7 cm³/mol. The Morgan fingerprint density at radius 2 is 1.80 bits per heavy atom. The minimum atomic E-state index is -0.639. The van der Waals surface area contributed by atoms with E-state index in [9.17, 15) is 14.5 Å². The van der Waals surface area contributed by atoms with Crippen molar-refractivity contribution in [3.8, 4) is 0 Å². The van der Waals surface area contributed by atoms with E-state index < -0.39 is 10.7 Å². The highest BCUT2D eigenvalue weighted by Gasteiger charge is 2.09. The van der Waals surface area contributed by atoms with Crippen LogP contribution in [0.15, 0.2) is 42.5 Å². The lowest BCUT2D eigenvalue weighted by Gasteiger charge is -2.07. The van der Waals surface area contributed by atoms with Crippen LogP contribution in [0.5, 0.6) is 0 Å². The number of nitrogens with zero attached hydrogens (tertiary/aromatic N) is 1. The maximum atomic E-state index is 13.3. The maximum absolute atomic E-state index is 13.3. The van der Waals surface area contributed by atoms with Crippen molar-refractivity contribution in [2.75, 3.05) is 5.32 Å². The van der Waals surface area contributed by atoms with E-state index in [4.69, 9.17) is 5.73 Å². The van der Waals surface area contributed by atoms with E-state index in [-0.39, 0.29) is 5.69 Å². The smallest absolute Gasteiger partial charge is 0.274 e. The summed E-state index contributed by atoms with van der Waals surface area (Å²) in [4.78, 5) is 10.0. The second kappa shape index (κ2) is 6.12. The van der Waals surface area contributed by atoms with E-state index in [1.54, 1.807) is 0 Å². The number of halogens is 1. The van der Waals surface area contributed by atoms with Crippen molar-refractivity contribution >= 4 is 11.4 Å². The lowest BCUT2D eigenvalue weighted by atomic mass is 10.1. The molecule has 20 heavy (non-hydrogen) atoms. The van der Waals surface area contributed by atoms with Gasteiger partial charge in [0.1, 0.15) is 5.82 Å². The number of rotatable bonds is 5. The van der Waals surface area contributed by atoms with Gasteiger partial charge < -0.3 is 11.1 Å². The predicted octanol–water partition coefficient (Wildman–Crippen LogP) is 2.80. The lowest BCUT2D eigenvalue weighted by Crippen LogP contribution is -2.02. The topological polar surface area (TPSA) is 81.2 Å². The van der Waals surface area contributed by atoms with Crippen LogP contribution in [0.1, 0.15) is 11.1 Å². The van der Waals surface area contributed by atoms with E-state index in [1.165, 1.54) is 12.1 Å². The first kappa shape index (κ1) is 14.0. The zero-order valence-electron chi connectivity index (χ0n) is 10.7. The molecule has 2 rings (SSSR count). The molecule has 0 bridgehead atoms. The zero-order valence-corrected chi connectivity index (χ0v) is 10.7. The third kappa shape index (κ3) is 3.52. The molecule has 2 aromatic carbocycles. The van der Waals surface area contributed by atoms with Gasteiger partial charge in [0.05, 0.1) is 11.0 Å². The first-order chi connectivity index (χ1) is 9.58. The van der Waals surface area contributed by atoms with Crippen LogP contribution in [0.4, 0.5) is 15.8 Å². The van der Waals surface area contributed by atoms with Crippen LogP contribution in [-0.4, -0.2) is 4.92 Å². The number of nitro benzene ring substituents is 1. The van der Waals surface area contributed by atoms with Gasteiger partial charge in [-0.3, -0.25) is 10.1 Å². The minimum absolute atomic E-state index is 0.272. The van der Waals surface area contributed by atoms with Gasteiger partial charge in [-0.1, -0.05) is 24.3 Å². The van der Waals surface area contributed by atoms with Crippen LogP contribution < -0.4 is 11.1 Å². The molecular formula is C14H14FN3O2. The van der Waals surface area contributed by atoms with E-state index in [0.717, 1.165) is 17.2 Å². The van der Waals surface area contributed by atoms with Crippen LogP contribution >= 0.6 is 0 Å². The molecule has 0 fully saturated rings. The number of nitrogens with two attached hydrogens (primary N) is 1. The Hall–Kier alpha value is -2.47. The molecule has 0 heterocycles. The van der Waals surface area contributed by atoms with E-state index >= 15 is 0 Å². The molecule has 0 aliphatic heterocycles. The fourth-order valence-electron chi connectivity index (χ4n) is 1.78. The van der Waals surface area contributed by atoms with Crippen LogP contribution in [0, 0.1) is 15.9 Å². The van der Waals surface area contributed by atoms with Crippen molar-refractivity contribution in [1.29, 1.82) is 0 Å². The highest BCUT2D eigenvalue weighted by molar-refractivity contribution is 5.51. The molecule has 0 atom stereocenters. The van der Waals surface area contributed by atoms with Gasteiger partial charge in [-0.15, -0.1) is 0 Å². The molecule has 0 amide bonds. The van der Waals surface area contributed by atoms with Crippen molar-refractivity contribution in [1.82, 2.24) is 0 Å². The maximum Gasteiger partial charge on any atom is 0.274 e. The Morgan fingerprint density at radius 1 is 1.15 bits per heavy atom. The molecule has 0 saturated heterocycles. The summed E-state index contributed by atoms with van der Waals surface area (Å²) in [6.07, 6.45) is 0. The van der Waals surface area contributed by atoms with Crippen molar-refractivity contribution in [3.63, 3.8) is 0 Å². The van der Waals surface area contributed by atoms with Gasteiger partial charge in [0, 0.05) is 24.8 Å². The number of non-ortho nitro benzene ring substituents is 1. The second-order valence-electron chi connectivity index (χ2n) is 4.33. The first-order valence-electron chi connectivity index (χ1n) is 6.05. The molecule has 5 nitrogen and oxygen atoms in total. The summed E-state index contributed by atoms with van der Waals surface area (Å²) < 4.78 is 13.3. The average Bonchev–Trinajstić information content (AvgIpc) is 2.45. The van der Waals surface area contributed by atoms with Gasteiger partial charge >= 0.3 is 0 Å². The zero-order chi connectivity index (χ0) is 14.5. The first-order valence-corrected chi connectivity index (χ1v) is 6.05. The Kier molecular flexibility index (Phi) is 4.27. The Labute approximate surface area is 115 Å². The summed E-state index contributed by atoms with van der Waals surface area (Å²) in [6.45, 7) is 0.926. The third-order valence-electron chi connectivity index (χ3n) is 2.85. The molecule has 104 valence electrons. The van der Waals surface area contributed by atoms with Crippen LogP contribution in [0.2, 0.25) is 0 Å². The largest absolute Gasteiger partial charge is 0.381 e. The molecule has 0 aromatic heterocycles. The molecular weight excluding hydrogens is 261 g/mol. The number of anilines is 1. The number of nitrogens with one attached hydrogen (secondary N) is 1.